The van der Waals surface area contributed by atoms with Crippen molar-refractivity contribution in [2.24, 2.45) is 5.92 Å². The van der Waals surface area contributed by atoms with E-state index in [1.807, 2.05) is 14.1 Å². The van der Waals surface area contributed by atoms with Crippen molar-refractivity contribution in [2.75, 3.05) is 33.9 Å². The molecule has 0 spiro atoms. The van der Waals surface area contributed by atoms with Crippen LogP contribution in [0.15, 0.2) is 21.5 Å². The van der Waals surface area contributed by atoms with Crippen LogP contribution in [-0.2, 0) is 10.0 Å². The first-order valence-corrected chi connectivity index (χ1v) is 10.8. The summed E-state index contributed by atoms with van der Waals surface area (Å²) >= 11 is 3.34. The molecular formula is C17H27BrN2O4S. The summed E-state index contributed by atoms with van der Waals surface area (Å²) in [6.45, 7) is 5.51. The number of nitrogens with zero attached hydrogens (tertiary/aromatic N) is 1. The first-order chi connectivity index (χ1) is 11.8. The van der Waals surface area contributed by atoms with Crippen molar-refractivity contribution < 1.29 is 17.9 Å². The minimum absolute atomic E-state index is 0.140. The SMILES string of the molecule is CCC(CC)[C@@H](CNS(=O)(=O)c1cc2c(cc1Br)OCCO2)N(C)C. The molecule has 8 heteroatoms. The molecule has 1 aliphatic rings. The molecule has 142 valence electrons. The van der Waals surface area contributed by atoms with Crippen molar-refractivity contribution in [1.82, 2.24) is 9.62 Å². The molecule has 0 radical (unpaired) electrons. The van der Waals surface area contributed by atoms with Crippen molar-refractivity contribution in [3.8, 4) is 11.5 Å². The third-order valence-electron chi connectivity index (χ3n) is 4.62. The molecule has 0 saturated carbocycles. The molecule has 0 bridgehead atoms. The third-order valence-corrected chi connectivity index (χ3v) is 7.01. The van der Waals surface area contributed by atoms with E-state index in [9.17, 15) is 8.42 Å². The van der Waals surface area contributed by atoms with Gasteiger partial charge in [0.25, 0.3) is 0 Å². The molecule has 1 aliphatic heterocycles. The van der Waals surface area contributed by atoms with Gasteiger partial charge in [0.2, 0.25) is 10.0 Å². The molecule has 0 aromatic heterocycles. The van der Waals surface area contributed by atoms with E-state index in [4.69, 9.17) is 9.47 Å². The number of likely N-dealkylation sites (N-methyl/N-ethyl adjacent to an activating group) is 1. The van der Waals surface area contributed by atoms with Crippen molar-refractivity contribution in [3.05, 3.63) is 16.6 Å². The fraction of sp³-hybridized carbons (Fsp3) is 0.647. The molecule has 1 N–H and O–H groups in total. The molecule has 6 nitrogen and oxygen atoms in total. The van der Waals surface area contributed by atoms with E-state index >= 15 is 0 Å². The first kappa shape index (κ1) is 20.5. The highest BCUT2D eigenvalue weighted by Crippen LogP contribution is 2.37. The van der Waals surface area contributed by atoms with Crippen LogP contribution in [0.4, 0.5) is 0 Å². The molecule has 0 saturated heterocycles. The highest BCUT2D eigenvalue weighted by Gasteiger charge is 2.26. The normalized spacial score (nSPS) is 15.6. The molecule has 1 aromatic rings. The Morgan fingerprint density at radius 1 is 1.16 bits per heavy atom. The van der Waals surface area contributed by atoms with Crippen LogP contribution in [0.3, 0.4) is 0 Å². The van der Waals surface area contributed by atoms with Crippen LogP contribution < -0.4 is 14.2 Å². The number of ether oxygens (including phenoxy) is 2. The van der Waals surface area contributed by atoms with Gasteiger partial charge in [0.05, 0.1) is 0 Å². The third kappa shape index (κ3) is 4.87. The number of halogens is 1. The van der Waals surface area contributed by atoms with E-state index in [0.29, 0.717) is 41.6 Å². The minimum Gasteiger partial charge on any atom is -0.486 e. The van der Waals surface area contributed by atoms with Gasteiger partial charge in [0.15, 0.2) is 11.5 Å². The molecule has 1 aromatic carbocycles. The van der Waals surface area contributed by atoms with Gasteiger partial charge in [-0.15, -0.1) is 0 Å². The Balaban J connectivity index is 2.21. The van der Waals surface area contributed by atoms with Gasteiger partial charge in [0.1, 0.15) is 18.1 Å². The Labute approximate surface area is 159 Å². The van der Waals surface area contributed by atoms with Gasteiger partial charge < -0.3 is 14.4 Å². The second kappa shape index (κ2) is 8.70. The number of sulfonamides is 1. The average Bonchev–Trinajstić information content (AvgIpc) is 2.57. The van der Waals surface area contributed by atoms with Crippen molar-refractivity contribution in [1.29, 1.82) is 0 Å². The predicted octanol–water partition coefficient (Wildman–Crippen LogP) is 2.87. The second-order valence-corrected chi connectivity index (χ2v) is 8.98. The second-order valence-electron chi connectivity index (χ2n) is 6.39. The maximum Gasteiger partial charge on any atom is 0.241 e. The summed E-state index contributed by atoms with van der Waals surface area (Å²) in [5, 5.41) is 0. The topological polar surface area (TPSA) is 67.9 Å². The van der Waals surface area contributed by atoms with E-state index in [-0.39, 0.29) is 10.9 Å². The largest absolute Gasteiger partial charge is 0.486 e. The standard InChI is InChI=1S/C17H27BrN2O4S/c1-5-12(6-2)14(20(3)4)11-19-25(21,22)17-10-16-15(9-13(17)18)23-7-8-24-16/h9-10,12,14,19H,5-8,11H2,1-4H3/t14-/m1/s1. The lowest BCUT2D eigenvalue weighted by atomic mass is 9.93. The van der Waals surface area contributed by atoms with Crippen LogP contribution in [0.25, 0.3) is 0 Å². The molecule has 0 aliphatic carbocycles. The predicted molar refractivity (Wildman–Crippen MR) is 102 cm³/mol. The van der Waals surface area contributed by atoms with E-state index < -0.39 is 10.0 Å². The zero-order chi connectivity index (χ0) is 18.6. The monoisotopic (exact) mass is 434 g/mol. The van der Waals surface area contributed by atoms with Crippen LogP contribution in [-0.4, -0.2) is 53.2 Å². The van der Waals surface area contributed by atoms with Gasteiger partial charge in [0, 0.05) is 23.1 Å². The van der Waals surface area contributed by atoms with Crippen LogP contribution >= 0.6 is 15.9 Å². The number of benzene rings is 1. The van der Waals surface area contributed by atoms with E-state index in [1.54, 1.807) is 6.07 Å². The van der Waals surface area contributed by atoms with Gasteiger partial charge in [-0.25, -0.2) is 13.1 Å². The average molecular weight is 435 g/mol. The lowest BCUT2D eigenvalue weighted by Crippen LogP contribution is -2.44. The summed E-state index contributed by atoms with van der Waals surface area (Å²) in [6, 6.07) is 3.30. The Hall–Kier alpha value is -0.830. The molecule has 2 rings (SSSR count). The summed E-state index contributed by atoms with van der Waals surface area (Å²) in [7, 11) is 0.305. The lowest BCUT2D eigenvalue weighted by molar-refractivity contribution is 0.171. The summed E-state index contributed by atoms with van der Waals surface area (Å²) < 4.78 is 39.8. The molecule has 0 fully saturated rings. The fourth-order valence-corrected chi connectivity index (χ4v) is 5.21. The molecule has 1 atom stereocenters. The highest BCUT2D eigenvalue weighted by atomic mass is 79.9. The van der Waals surface area contributed by atoms with Crippen LogP contribution in [0, 0.1) is 5.92 Å². The van der Waals surface area contributed by atoms with Gasteiger partial charge in [-0.2, -0.15) is 0 Å². The molecular weight excluding hydrogens is 408 g/mol. The molecule has 25 heavy (non-hydrogen) atoms. The molecule has 0 amide bonds. The van der Waals surface area contributed by atoms with Crippen LogP contribution in [0.1, 0.15) is 26.7 Å². The molecule has 0 unspecified atom stereocenters. The fourth-order valence-electron chi connectivity index (χ4n) is 3.13. The molecule has 1 heterocycles. The van der Waals surface area contributed by atoms with Gasteiger partial charge >= 0.3 is 0 Å². The number of rotatable bonds is 8. The van der Waals surface area contributed by atoms with Crippen LogP contribution in [0.2, 0.25) is 0 Å². The lowest BCUT2D eigenvalue weighted by Gasteiger charge is -2.31. The Morgan fingerprint density at radius 3 is 2.24 bits per heavy atom. The summed E-state index contributed by atoms with van der Waals surface area (Å²) in [5.41, 5.74) is 0. The zero-order valence-corrected chi connectivity index (χ0v) is 17.6. The van der Waals surface area contributed by atoms with Crippen molar-refractivity contribution in [3.63, 3.8) is 0 Å². The Morgan fingerprint density at radius 2 is 1.72 bits per heavy atom. The number of hydrogen-bond donors (Lipinski definition) is 1. The highest BCUT2D eigenvalue weighted by molar-refractivity contribution is 9.10. The smallest absolute Gasteiger partial charge is 0.241 e. The Bertz CT molecular complexity index is 690. The number of hydrogen-bond acceptors (Lipinski definition) is 5. The van der Waals surface area contributed by atoms with E-state index in [0.717, 1.165) is 12.8 Å². The van der Waals surface area contributed by atoms with Crippen molar-refractivity contribution >= 4 is 26.0 Å². The minimum atomic E-state index is -3.66. The van der Waals surface area contributed by atoms with Gasteiger partial charge in [-0.3, -0.25) is 0 Å². The summed E-state index contributed by atoms with van der Waals surface area (Å²) in [4.78, 5) is 2.25. The van der Waals surface area contributed by atoms with Crippen LogP contribution in [0.5, 0.6) is 11.5 Å². The number of fused-ring (bicyclic) bond motifs is 1. The maximum atomic E-state index is 12.8. The summed E-state index contributed by atoms with van der Waals surface area (Å²) in [5.74, 6) is 1.45. The van der Waals surface area contributed by atoms with E-state index in [1.165, 1.54) is 6.07 Å². The quantitative estimate of drug-likeness (QED) is 0.680. The van der Waals surface area contributed by atoms with E-state index in [2.05, 4.69) is 39.4 Å². The van der Waals surface area contributed by atoms with Gasteiger partial charge in [-0.05, 0) is 42.0 Å². The maximum absolute atomic E-state index is 12.8. The number of nitrogens with one attached hydrogen (secondary N) is 1. The first-order valence-electron chi connectivity index (χ1n) is 8.55. The van der Waals surface area contributed by atoms with Crippen molar-refractivity contribution in [2.45, 2.75) is 37.6 Å². The zero-order valence-electron chi connectivity index (χ0n) is 15.2. The Kier molecular flexibility index (Phi) is 7.13. The van der Waals surface area contributed by atoms with Gasteiger partial charge in [-0.1, -0.05) is 26.7 Å². The summed E-state index contributed by atoms with van der Waals surface area (Å²) in [6.07, 6.45) is 2.02.